The first kappa shape index (κ1) is 12.0. The van der Waals surface area contributed by atoms with Gasteiger partial charge in [-0.1, -0.05) is 18.2 Å². The van der Waals surface area contributed by atoms with Gasteiger partial charge in [-0.3, -0.25) is 0 Å². The van der Waals surface area contributed by atoms with Crippen LogP contribution >= 0.6 is 15.9 Å². The fourth-order valence-corrected chi connectivity index (χ4v) is 2.14. The fourth-order valence-electron chi connectivity index (χ4n) is 1.67. The number of rotatable bonds is 3. The van der Waals surface area contributed by atoms with Gasteiger partial charge in [-0.05, 0) is 52.0 Å². The smallest absolute Gasteiger partial charge is 0.137 e. The summed E-state index contributed by atoms with van der Waals surface area (Å²) in [4.78, 5) is 4.02. The minimum Gasteiger partial charge on any atom is -0.383 e. The fraction of sp³-hybridized carbons (Fsp3) is 0.154. The van der Waals surface area contributed by atoms with Gasteiger partial charge in [0.05, 0.1) is 4.47 Å². The van der Waals surface area contributed by atoms with Gasteiger partial charge in [-0.25, -0.2) is 9.37 Å². The number of benzene rings is 1. The Kier molecular flexibility index (Phi) is 3.74. The molecule has 4 heteroatoms. The Balaban J connectivity index is 2.13. The highest BCUT2D eigenvalue weighted by atomic mass is 79.9. The van der Waals surface area contributed by atoms with Crippen molar-refractivity contribution in [3.05, 3.63) is 57.9 Å². The second kappa shape index (κ2) is 5.27. The first-order valence-corrected chi connectivity index (χ1v) is 6.10. The molecule has 2 rings (SSSR count). The van der Waals surface area contributed by atoms with Crippen molar-refractivity contribution in [3.63, 3.8) is 0 Å². The number of nitrogens with two attached hydrogens (primary N) is 1. The normalized spacial score (nSPS) is 10.5. The maximum atomic E-state index is 13.3. The van der Waals surface area contributed by atoms with Crippen molar-refractivity contribution in [2.45, 2.75) is 12.8 Å². The highest BCUT2D eigenvalue weighted by Crippen LogP contribution is 2.22. The molecule has 0 spiro atoms. The van der Waals surface area contributed by atoms with Crippen LogP contribution in [0.2, 0.25) is 0 Å². The Bertz CT molecular complexity index is 529. The molecular formula is C13H12BrFN2. The lowest BCUT2D eigenvalue weighted by Gasteiger charge is -2.06. The van der Waals surface area contributed by atoms with Gasteiger partial charge in [0.25, 0.3) is 0 Å². The van der Waals surface area contributed by atoms with Crippen molar-refractivity contribution >= 4 is 21.7 Å². The van der Waals surface area contributed by atoms with E-state index < -0.39 is 0 Å². The SMILES string of the molecule is Nc1ncccc1CCc1cccc(F)c1Br. The molecule has 0 atom stereocenters. The summed E-state index contributed by atoms with van der Waals surface area (Å²) < 4.78 is 13.8. The third-order valence-corrected chi connectivity index (χ3v) is 3.51. The predicted molar refractivity (Wildman–Crippen MR) is 70.2 cm³/mol. The number of hydrogen-bond donors (Lipinski definition) is 1. The van der Waals surface area contributed by atoms with E-state index in [2.05, 4.69) is 20.9 Å². The van der Waals surface area contributed by atoms with Gasteiger partial charge in [0.1, 0.15) is 11.6 Å². The summed E-state index contributed by atoms with van der Waals surface area (Å²) in [5, 5.41) is 0. The van der Waals surface area contributed by atoms with Crippen LogP contribution < -0.4 is 5.73 Å². The summed E-state index contributed by atoms with van der Waals surface area (Å²) in [5.74, 6) is 0.307. The molecule has 2 N–H and O–H groups in total. The van der Waals surface area contributed by atoms with Crippen molar-refractivity contribution < 1.29 is 4.39 Å². The first-order valence-electron chi connectivity index (χ1n) is 5.30. The molecule has 2 nitrogen and oxygen atoms in total. The zero-order valence-electron chi connectivity index (χ0n) is 9.16. The standard InChI is InChI=1S/C13H12BrFN2/c14-12-9(3-1-5-11(12)15)6-7-10-4-2-8-17-13(10)16/h1-5,8H,6-7H2,(H2,16,17). The van der Waals surface area contributed by atoms with E-state index >= 15 is 0 Å². The summed E-state index contributed by atoms with van der Waals surface area (Å²) in [5.41, 5.74) is 7.68. The minimum atomic E-state index is -0.235. The number of halogens is 2. The van der Waals surface area contributed by atoms with Gasteiger partial charge in [0, 0.05) is 6.20 Å². The van der Waals surface area contributed by atoms with E-state index in [1.807, 2.05) is 18.2 Å². The maximum Gasteiger partial charge on any atom is 0.137 e. The van der Waals surface area contributed by atoms with Crippen LogP contribution in [-0.4, -0.2) is 4.98 Å². The van der Waals surface area contributed by atoms with Crippen molar-refractivity contribution in [3.8, 4) is 0 Å². The molecule has 0 bridgehead atoms. The van der Waals surface area contributed by atoms with Crippen LogP contribution in [0.25, 0.3) is 0 Å². The summed E-state index contributed by atoms with van der Waals surface area (Å²) in [6.45, 7) is 0. The largest absolute Gasteiger partial charge is 0.383 e. The molecule has 88 valence electrons. The van der Waals surface area contributed by atoms with Gasteiger partial charge in [0.2, 0.25) is 0 Å². The third-order valence-electron chi connectivity index (χ3n) is 2.62. The Morgan fingerprint density at radius 2 is 1.82 bits per heavy atom. The monoisotopic (exact) mass is 294 g/mol. The Hall–Kier alpha value is -1.42. The molecule has 0 unspecified atom stereocenters. The van der Waals surface area contributed by atoms with Crippen LogP contribution in [0.5, 0.6) is 0 Å². The van der Waals surface area contributed by atoms with Crippen LogP contribution in [0, 0.1) is 5.82 Å². The lowest BCUT2D eigenvalue weighted by atomic mass is 10.1. The molecule has 0 fully saturated rings. The molecule has 0 aliphatic rings. The lowest BCUT2D eigenvalue weighted by Crippen LogP contribution is -2.00. The Labute approximate surface area is 108 Å². The topological polar surface area (TPSA) is 38.9 Å². The van der Waals surface area contributed by atoms with Gasteiger partial charge in [-0.2, -0.15) is 0 Å². The third kappa shape index (κ3) is 2.82. The number of aryl methyl sites for hydroxylation is 2. The van der Waals surface area contributed by atoms with E-state index in [1.54, 1.807) is 12.3 Å². The molecule has 1 aromatic carbocycles. The molecule has 0 aliphatic carbocycles. The van der Waals surface area contributed by atoms with E-state index in [4.69, 9.17) is 5.73 Å². The van der Waals surface area contributed by atoms with Gasteiger partial charge in [-0.15, -0.1) is 0 Å². The van der Waals surface area contributed by atoms with Gasteiger partial charge in [0.15, 0.2) is 0 Å². The van der Waals surface area contributed by atoms with Crippen molar-refractivity contribution in [2.24, 2.45) is 0 Å². The van der Waals surface area contributed by atoms with E-state index in [0.29, 0.717) is 10.3 Å². The van der Waals surface area contributed by atoms with E-state index in [-0.39, 0.29) is 5.82 Å². The number of aromatic nitrogens is 1. The summed E-state index contributed by atoms with van der Waals surface area (Å²) in [6.07, 6.45) is 3.15. The molecule has 1 aromatic heterocycles. The molecule has 2 aromatic rings. The quantitative estimate of drug-likeness (QED) is 0.943. The highest BCUT2D eigenvalue weighted by Gasteiger charge is 2.06. The van der Waals surface area contributed by atoms with Gasteiger partial charge < -0.3 is 5.73 Å². The Morgan fingerprint density at radius 1 is 1.12 bits per heavy atom. The number of pyridine rings is 1. The molecular weight excluding hydrogens is 283 g/mol. The summed E-state index contributed by atoms with van der Waals surface area (Å²) >= 11 is 3.25. The zero-order chi connectivity index (χ0) is 12.3. The molecule has 0 saturated carbocycles. The van der Waals surface area contributed by atoms with E-state index in [9.17, 15) is 4.39 Å². The molecule has 0 aliphatic heterocycles. The van der Waals surface area contributed by atoms with Crippen LogP contribution in [0.4, 0.5) is 10.2 Å². The van der Waals surface area contributed by atoms with Gasteiger partial charge >= 0.3 is 0 Å². The highest BCUT2D eigenvalue weighted by molar-refractivity contribution is 9.10. The van der Waals surface area contributed by atoms with E-state index in [0.717, 1.165) is 24.0 Å². The predicted octanol–water partition coefficient (Wildman–Crippen LogP) is 3.35. The zero-order valence-corrected chi connectivity index (χ0v) is 10.7. The first-order chi connectivity index (χ1) is 8.18. The van der Waals surface area contributed by atoms with Crippen molar-refractivity contribution in [1.29, 1.82) is 0 Å². The molecule has 0 saturated heterocycles. The number of hydrogen-bond acceptors (Lipinski definition) is 2. The number of anilines is 1. The molecule has 0 amide bonds. The van der Waals surface area contributed by atoms with Crippen LogP contribution in [0.3, 0.4) is 0 Å². The molecule has 1 heterocycles. The maximum absolute atomic E-state index is 13.3. The molecule has 17 heavy (non-hydrogen) atoms. The molecule has 0 radical (unpaired) electrons. The van der Waals surface area contributed by atoms with Crippen LogP contribution in [0.1, 0.15) is 11.1 Å². The average molecular weight is 295 g/mol. The van der Waals surface area contributed by atoms with Crippen LogP contribution in [-0.2, 0) is 12.8 Å². The Morgan fingerprint density at radius 3 is 2.59 bits per heavy atom. The minimum absolute atomic E-state index is 0.235. The summed E-state index contributed by atoms with van der Waals surface area (Å²) in [7, 11) is 0. The average Bonchev–Trinajstić information content (AvgIpc) is 2.33. The van der Waals surface area contributed by atoms with Crippen LogP contribution in [0.15, 0.2) is 41.0 Å². The number of nitrogens with zero attached hydrogens (tertiary/aromatic N) is 1. The summed E-state index contributed by atoms with van der Waals surface area (Å²) in [6, 6.07) is 8.84. The van der Waals surface area contributed by atoms with Crippen molar-refractivity contribution in [1.82, 2.24) is 4.98 Å². The number of nitrogen functional groups attached to an aromatic ring is 1. The second-order valence-electron chi connectivity index (χ2n) is 3.76. The second-order valence-corrected chi connectivity index (χ2v) is 4.55. The van der Waals surface area contributed by atoms with Crippen molar-refractivity contribution in [2.75, 3.05) is 5.73 Å². The van der Waals surface area contributed by atoms with E-state index in [1.165, 1.54) is 6.07 Å². The lowest BCUT2D eigenvalue weighted by molar-refractivity contribution is 0.618.